The van der Waals surface area contributed by atoms with Gasteiger partial charge in [0, 0.05) is 24.9 Å². The molecule has 0 aliphatic carbocycles. The van der Waals surface area contributed by atoms with Crippen LogP contribution in [0, 0.1) is 13.8 Å². The fourth-order valence-corrected chi connectivity index (χ4v) is 1.95. The van der Waals surface area contributed by atoms with Gasteiger partial charge in [0.2, 0.25) is 0 Å². The van der Waals surface area contributed by atoms with Crippen LogP contribution in [-0.4, -0.2) is 35.6 Å². The molecule has 0 radical (unpaired) electrons. The zero-order valence-corrected chi connectivity index (χ0v) is 11.1. The Balaban J connectivity index is 2.92. The number of nitrogens with zero attached hydrogens (tertiary/aromatic N) is 3. The third-order valence-corrected chi connectivity index (χ3v) is 3.12. The number of thioether (sulfide) groups is 1. The van der Waals surface area contributed by atoms with Crippen LogP contribution in [0.5, 0.6) is 0 Å². The van der Waals surface area contributed by atoms with Crippen molar-refractivity contribution in [2.45, 2.75) is 13.8 Å². The summed E-state index contributed by atoms with van der Waals surface area (Å²) < 4.78 is 0. The summed E-state index contributed by atoms with van der Waals surface area (Å²) in [4.78, 5) is 10.6. The zero-order valence-electron chi connectivity index (χ0n) is 9.54. The highest BCUT2D eigenvalue weighted by Crippen LogP contribution is 2.22. The molecule has 0 N–H and O–H groups in total. The van der Waals surface area contributed by atoms with Crippen LogP contribution < -0.4 is 4.90 Å². The molecule has 0 aliphatic heterocycles. The van der Waals surface area contributed by atoms with E-state index in [2.05, 4.69) is 21.1 Å². The predicted molar refractivity (Wildman–Crippen MR) is 68.2 cm³/mol. The standard InChI is InChI=1S/C10H16ClN3S/c1-7-9(11)12-8(2)13-10(7)14(3)5-6-15-4/h5-6H2,1-4H3. The van der Waals surface area contributed by atoms with Crippen LogP contribution >= 0.6 is 23.4 Å². The number of aryl methyl sites for hydroxylation is 1. The van der Waals surface area contributed by atoms with E-state index < -0.39 is 0 Å². The van der Waals surface area contributed by atoms with Crippen LogP contribution in [0.2, 0.25) is 5.15 Å². The van der Waals surface area contributed by atoms with Crippen LogP contribution in [0.1, 0.15) is 11.4 Å². The smallest absolute Gasteiger partial charge is 0.137 e. The highest BCUT2D eigenvalue weighted by atomic mass is 35.5. The molecule has 84 valence electrons. The molecule has 0 atom stereocenters. The lowest BCUT2D eigenvalue weighted by molar-refractivity contribution is 0.906. The summed E-state index contributed by atoms with van der Waals surface area (Å²) in [5.74, 6) is 2.73. The summed E-state index contributed by atoms with van der Waals surface area (Å²) in [7, 11) is 2.03. The normalized spacial score (nSPS) is 10.5. The Morgan fingerprint density at radius 1 is 1.33 bits per heavy atom. The second kappa shape index (κ2) is 5.56. The lowest BCUT2D eigenvalue weighted by atomic mass is 10.3. The van der Waals surface area contributed by atoms with Crippen molar-refractivity contribution in [2.75, 3.05) is 30.5 Å². The number of hydrogen-bond donors (Lipinski definition) is 0. The summed E-state index contributed by atoms with van der Waals surface area (Å²) in [5.41, 5.74) is 0.950. The zero-order chi connectivity index (χ0) is 11.4. The number of aromatic nitrogens is 2. The molecular weight excluding hydrogens is 230 g/mol. The molecule has 0 bridgehead atoms. The van der Waals surface area contributed by atoms with Gasteiger partial charge >= 0.3 is 0 Å². The van der Waals surface area contributed by atoms with Crippen molar-refractivity contribution < 1.29 is 0 Å². The number of hydrogen-bond acceptors (Lipinski definition) is 4. The second-order valence-corrected chi connectivity index (χ2v) is 4.77. The second-order valence-electron chi connectivity index (χ2n) is 3.42. The fraction of sp³-hybridized carbons (Fsp3) is 0.600. The number of halogens is 1. The lowest BCUT2D eigenvalue weighted by Crippen LogP contribution is -2.23. The van der Waals surface area contributed by atoms with E-state index in [0.717, 1.165) is 29.5 Å². The van der Waals surface area contributed by atoms with E-state index in [9.17, 15) is 0 Å². The SMILES string of the molecule is CSCCN(C)c1nc(C)nc(Cl)c1C. The summed E-state index contributed by atoms with van der Waals surface area (Å²) in [6, 6.07) is 0. The van der Waals surface area contributed by atoms with Crippen LogP contribution in [0.15, 0.2) is 0 Å². The van der Waals surface area contributed by atoms with Crippen molar-refractivity contribution in [3.05, 3.63) is 16.5 Å². The third-order valence-electron chi connectivity index (χ3n) is 2.16. The van der Waals surface area contributed by atoms with E-state index in [4.69, 9.17) is 11.6 Å². The van der Waals surface area contributed by atoms with E-state index in [1.54, 1.807) is 0 Å². The molecule has 1 heterocycles. The summed E-state index contributed by atoms with van der Waals surface area (Å²) in [6.45, 7) is 4.78. The quantitative estimate of drug-likeness (QED) is 0.763. The fourth-order valence-electron chi connectivity index (χ4n) is 1.29. The van der Waals surface area contributed by atoms with E-state index in [-0.39, 0.29) is 0 Å². The Labute approximate surface area is 100 Å². The van der Waals surface area contributed by atoms with Crippen molar-refractivity contribution in [1.82, 2.24) is 9.97 Å². The minimum atomic E-state index is 0.550. The van der Waals surface area contributed by atoms with Crippen LogP contribution in [0.25, 0.3) is 0 Å². The van der Waals surface area contributed by atoms with Gasteiger partial charge in [0.25, 0.3) is 0 Å². The molecule has 0 aliphatic rings. The highest BCUT2D eigenvalue weighted by molar-refractivity contribution is 7.98. The largest absolute Gasteiger partial charge is 0.358 e. The minimum Gasteiger partial charge on any atom is -0.358 e. The predicted octanol–water partition coefficient (Wildman–Crippen LogP) is 2.55. The molecule has 15 heavy (non-hydrogen) atoms. The summed E-state index contributed by atoms with van der Waals surface area (Å²) >= 11 is 7.84. The molecule has 0 saturated heterocycles. The van der Waals surface area contributed by atoms with Gasteiger partial charge in [-0.2, -0.15) is 11.8 Å². The molecule has 5 heteroatoms. The maximum atomic E-state index is 6.01. The highest BCUT2D eigenvalue weighted by Gasteiger charge is 2.10. The van der Waals surface area contributed by atoms with Gasteiger partial charge in [-0.1, -0.05) is 11.6 Å². The van der Waals surface area contributed by atoms with E-state index in [0.29, 0.717) is 5.15 Å². The van der Waals surface area contributed by atoms with Gasteiger partial charge in [-0.25, -0.2) is 9.97 Å². The summed E-state index contributed by atoms with van der Waals surface area (Å²) in [5, 5.41) is 0.550. The molecule has 0 spiro atoms. The van der Waals surface area contributed by atoms with Crippen molar-refractivity contribution >= 4 is 29.2 Å². The molecule has 1 aromatic rings. The average molecular weight is 246 g/mol. The van der Waals surface area contributed by atoms with E-state index >= 15 is 0 Å². The molecule has 0 saturated carbocycles. The van der Waals surface area contributed by atoms with Gasteiger partial charge in [-0.15, -0.1) is 0 Å². The molecule has 1 rings (SSSR count). The van der Waals surface area contributed by atoms with E-state index in [1.165, 1.54) is 0 Å². The van der Waals surface area contributed by atoms with E-state index in [1.807, 2.05) is 32.7 Å². The Kier molecular flexibility index (Phi) is 4.67. The Bertz CT molecular complexity index is 344. The Morgan fingerprint density at radius 3 is 2.60 bits per heavy atom. The number of rotatable bonds is 4. The van der Waals surface area contributed by atoms with Gasteiger partial charge in [0.1, 0.15) is 16.8 Å². The lowest BCUT2D eigenvalue weighted by Gasteiger charge is -2.20. The molecule has 0 aromatic carbocycles. The molecule has 3 nitrogen and oxygen atoms in total. The van der Waals surface area contributed by atoms with Crippen molar-refractivity contribution in [1.29, 1.82) is 0 Å². The molecular formula is C10H16ClN3S. The minimum absolute atomic E-state index is 0.550. The van der Waals surface area contributed by atoms with Crippen molar-refractivity contribution in [2.24, 2.45) is 0 Å². The Hall–Kier alpha value is -0.480. The van der Waals surface area contributed by atoms with Gasteiger partial charge in [0.15, 0.2) is 0 Å². The maximum Gasteiger partial charge on any atom is 0.137 e. The first kappa shape index (κ1) is 12.6. The summed E-state index contributed by atoms with van der Waals surface area (Å²) in [6.07, 6.45) is 2.10. The number of anilines is 1. The van der Waals surface area contributed by atoms with Crippen molar-refractivity contribution in [3.8, 4) is 0 Å². The van der Waals surface area contributed by atoms with Crippen molar-refractivity contribution in [3.63, 3.8) is 0 Å². The third kappa shape index (κ3) is 3.24. The van der Waals surface area contributed by atoms with Gasteiger partial charge < -0.3 is 4.90 Å². The first-order valence-corrected chi connectivity index (χ1v) is 6.54. The molecule has 0 unspecified atom stereocenters. The van der Waals surface area contributed by atoms with Gasteiger partial charge in [-0.05, 0) is 20.1 Å². The first-order valence-electron chi connectivity index (χ1n) is 4.77. The molecule has 0 fully saturated rings. The topological polar surface area (TPSA) is 29.0 Å². The Morgan fingerprint density at radius 2 is 2.00 bits per heavy atom. The average Bonchev–Trinajstić information content (AvgIpc) is 2.19. The molecule has 1 aromatic heterocycles. The van der Waals surface area contributed by atoms with Gasteiger partial charge in [0.05, 0.1) is 0 Å². The van der Waals surface area contributed by atoms with Crippen LogP contribution in [0.3, 0.4) is 0 Å². The van der Waals surface area contributed by atoms with Crippen LogP contribution in [-0.2, 0) is 0 Å². The van der Waals surface area contributed by atoms with Crippen LogP contribution in [0.4, 0.5) is 5.82 Å². The maximum absolute atomic E-state index is 6.01. The molecule has 0 amide bonds. The van der Waals surface area contributed by atoms with Gasteiger partial charge in [-0.3, -0.25) is 0 Å². The first-order chi connectivity index (χ1) is 7.06. The monoisotopic (exact) mass is 245 g/mol.